The molecule has 1 atom stereocenters. The lowest BCUT2D eigenvalue weighted by Crippen LogP contribution is -2.50. The molecular weight excluding hydrogens is 421 g/mol. The van der Waals surface area contributed by atoms with E-state index in [0.717, 1.165) is 45.4 Å². The minimum atomic E-state index is -4.82. The first kappa shape index (κ1) is 25.1. The van der Waals surface area contributed by atoms with Crippen molar-refractivity contribution in [3.05, 3.63) is 23.8 Å². The molecule has 2 aliphatic rings. The molecule has 0 spiro atoms. The average molecular weight is 459 g/mol. The number of nitrogens with zero attached hydrogens (tertiary/aromatic N) is 2. The molecule has 1 aliphatic carbocycles. The molecule has 1 aliphatic heterocycles. The van der Waals surface area contributed by atoms with Crippen molar-refractivity contribution in [3.63, 3.8) is 0 Å². The van der Waals surface area contributed by atoms with Crippen LogP contribution in [-0.2, 0) is 0 Å². The lowest BCUT2D eigenvalue weighted by molar-refractivity contribution is -0.275. The number of hydrogen-bond donors (Lipinski definition) is 1. The normalized spacial score (nSPS) is 21.5. The third-order valence-electron chi connectivity index (χ3n) is 6.57. The van der Waals surface area contributed by atoms with E-state index in [1.165, 1.54) is 6.07 Å². The van der Waals surface area contributed by atoms with Gasteiger partial charge in [-0.25, -0.2) is 0 Å². The highest BCUT2D eigenvalue weighted by molar-refractivity contribution is 5.45. The van der Waals surface area contributed by atoms with Gasteiger partial charge in [0.05, 0.1) is 12.2 Å². The fraction of sp³-hybridized carbons (Fsp3) is 0.750. The monoisotopic (exact) mass is 458 g/mol. The van der Waals surface area contributed by atoms with Crippen LogP contribution in [0.1, 0.15) is 57.4 Å². The van der Waals surface area contributed by atoms with Crippen LogP contribution in [0.4, 0.5) is 13.2 Å². The number of alkyl halides is 3. The van der Waals surface area contributed by atoms with Crippen molar-refractivity contribution in [2.45, 2.75) is 63.8 Å². The molecule has 0 amide bonds. The molecule has 1 unspecified atom stereocenters. The van der Waals surface area contributed by atoms with Crippen LogP contribution < -0.4 is 9.47 Å². The molecule has 8 heteroatoms. The molecule has 1 N–H and O–H groups in total. The highest BCUT2D eigenvalue weighted by atomic mass is 19.4. The van der Waals surface area contributed by atoms with Crippen LogP contribution in [0.3, 0.4) is 0 Å². The van der Waals surface area contributed by atoms with Gasteiger partial charge in [-0.1, -0.05) is 39.2 Å². The van der Waals surface area contributed by atoms with Gasteiger partial charge in [-0.15, -0.1) is 13.2 Å². The molecule has 3 rings (SSSR count). The van der Waals surface area contributed by atoms with Crippen molar-refractivity contribution in [3.8, 4) is 11.5 Å². The molecule has 32 heavy (non-hydrogen) atoms. The summed E-state index contributed by atoms with van der Waals surface area (Å²) < 4.78 is 49.4. The second-order valence-electron chi connectivity index (χ2n) is 9.78. The Bertz CT molecular complexity index is 728. The van der Waals surface area contributed by atoms with Gasteiger partial charge >= 0.3 is 6.36 Å². The topological polar surface area (TPSA) is 45.2 Å². The van der Waals surface area contributed by atoms with Gasteiger partial charge in [-0.05, 0) is 43.5 Å². The summed E-state index contributed by atoms with van der Waals surface area (Å²) in [5.41, 5.74) is -0.262. The van der Waals surface area contributed by atoms with Crippen LogP contribution in [0, 0.1) is 5.92 Å². The van der Waals surface area contributed by atoms with E-state index in [9.17, 15) is 18.3 Å². The van der Waals surface area contributed by atoms with E-state index >= 15 is 0 Å². The molecule has 2 fully saturated rings. The zero-order chi connectivity index (χ0) is 23.4. The van der Waals surface area contributed by atoms with E-state index in [0.29, 0.717) is 31.6 Å². The summed E-state index contributed by atoms with van der Waals surface area (Å²) in [6.07, 6.45) is -0.565. The molecule has 0 aromatic heterocycles. The fourth-order valence-corrected chi connectivity index (χ4v) is 4.71. The third kappa shape index (κ3) is 6.99. The predicted octanol–water partition coefficient (Wildman–Crippen LogP) is 4.65. The molecule has 5 nitrogen and oxygen atoms in total. The Kier molecular flexibility index (Phi) is 8.33. The Morgan fingerprint density at radius 2 is 1.69 bits per heavy atom. The van der Waals surface area contributed by atoms with Crippen LogP contribution >= 0.6 is 0 Å². The number of halogens is 3. The van der Waals surface area contributed by atoms with E-state index in [-0.39, 0.29) is 23.3 Å². The van der Waals surface area contributed by atoms with Gasteiger partial charge in [0.2, 0.25) is 0 Å². The Morgan fingerprint density at radius 3 is 2.28 bits per heavy atom. The molecule has 1 saturated carbocycles. The summed E-state index contributed by atoms with van der Waals surface area (Å²) >= 11 is 0. The summed E-state index contributed by atoms with van der Waals surface area (Å²) in [5.74, 6) is -0.380. The van der Waals surface area contributed by atoms with Gasteiger partial charge in [0, 0.05) is 38.6 Å². The highest BCUT2D eigenvalue weighted by Crippen LogP contribution is 2.43. The summed E-state index contributed by atoms with van der Waals surface area (Å²) in [4.78, 5) is 4.57. The first-order chi connectivity index (χ1) is 15.1. The molecule has 1 saturated heterocycles. The minimum Gasteiger partial charge on any atom is -0.489 e. The second-order valence-corrected chi connectivity index (χ2v) is 9.78. The van der Waals surface area contributed by atoms with Crippen LogP contribution in [-0.4, -0.2) is 73.2 Å². The van der Waals surface area contributed by atoms with Crippen molar-refractivity contribution in [1.82, 2.24) is 9.80 Å². The maximum absolute atomic E-state index is 13.2. The number of aliphatic hydroxyl groups is 1. The first-order valence-corrected chi connectivity index (χ1v) is 11.7. The average Bonchev–Trinajstić information content (AvgIpc) is 2.71. The smallest absolute Gasteiger partial charge is 0.489 e. The summed E-state index contributed by atoms with van der Waals surface area (Å²) in [5, 5.41) is 11.6. The maximum atomic E-state index is 13.2. The molecule has 182 valence electrons. The standard InChI is InChI=1S/C24H37F3N2O3/c1-18(2)17-31-21-8-7-19(15-22(21)32-24(25,26)27)20(23(30)9-5-4-6-10-23)16-29-13-11-28(3)12-14-29/h7-8,15,18,20,30H,4-6,9-14,16-17H2,1-3H3. The summed E-state index contributed by atoms with van der Waals surface area (Å²) in [6.45, 7) is 8.41. The SMILES string of the molecule is CC(C)COc1ccc(C(CN2CCN(C)CC2)C2(O)CCCCC2)cc1OC(F)(F)F. The fourth-order valence-electron chi connectivity index (χ4n) is 4.71. The molecule has 1 aromatic rings. The van der Waals surface area contributed by atoms with Gasteiger partial charge in [0.1, 0.15) is 0 Å². The zero-order valence-electron chi connectivity index (χ0n) is 19.5. The first-order valence-electron chi connectivity index (χ1n) is 11.7. The van der Waals surface area contributed by atoms with Gasteiger partial charge in [-0.2, -0.15) is 0 Å². The Labute approximate surface area is 189 Å². The zero-order valence-corrected chi connectivity index (χ0v) is 19.5. The number of piperazine rings is 1. The summed E-state index contributed by atoms with van der Waals surface area (Å²) in [6, 6.07) is 4.78. The number of hydrogen-bond acceptors (Lipinski definition) is 5. The van der Waals surface area contributed by atoms with Crippen LogP contribution in [0.15, 0.2) is 18.2 Å². The largest absolute Gasteiger partial charge is 0.573 e. The number of likely N-dealkylation sites (N-methyl/N-ethyl adjacent to an activating group) is 1. The van der Waals surface area contributed by atoms with Crippen molar-refractivity contribution >= 4 is 0 Å². The second kappa shape index (κ2) is 10.6. The molecule has 1 aromatic carbocycles. The molecular formula is C24H37F3N2O3. The van der Waals surface area contributed by atoms with E-state index in [1.807, 2.05) is 13.8 Å². The van der Waals surface area contributed by atoms with E-state index in [4.69, 9.17) is 4.74 Å². The quantitative estimate of drug-likeness (QED) is 0.615. The van der Waals surface area contributed by atoms with E-state index < -0.39 is 12.0 Å². The molecule has 0 bridgehead atoms. The van der Waals surface area contributed by atoms with Crippen molar-refractivity contribution < 1.29 is 27.8 Å². The van der Waals surface area contributed by atoms with E-state index in [1.54, 1.807) is 12.1 Å². The van der Waals surface area contributed by atoms with Crippen molar-refractivity contribution in [2.24, 2.45) is 5.92 Å². The van der Waals surface area contributed by atoms with Crippen molar-refractivity contribution in [2.75, 3.05) is 46.4 Å². The van der Waals surface area contributed by atoms with Crippen LogP contribution in [0.5, 0.6) is 11.5 Å². The Morgan fingerprint density at radius 1 is 1.03 bits per heavy atom. The van der Waals surface area contributed by atoms with Gasteiger partial charge in [-0.3, -0.25) is 0 Å². The minimum absolute atomic E-state index is 0.0776. The third-order valence-corrected chi connectivity index (χ3v) is 6.57. The highest BCUT2D eigenvalue weighted by Gasteiger charge is 2.41. The maximum Gasteiger partial charge on any atom is 0.573 e. The van der Waals surface area contributed by atoms with Crippen LogP contribution in [0.2, 0.25) is 0 Å². The molecule has 1 heterocycles. The van der Waals surface area contributed by atoms with Crippen molar-refractivity contribution in [1.29, 1.82) is 0 Å². The van der Waals surface area contributed by atoms with Crippen LogP contribution in [0.25, 0.3) is 0 Å². The lowest BCUT2D eigenvalue weighted by atomic mass is 9.72. The number of benzene rings is 1. The number of ether oxygens (including phenoxy) is 2. The Balaban J connectivity index is 1.92. The summed E-state index contributed by atoms with van der Waals surface area (Å²) in [7, 11) is 2.08. The molecule has 0 radical (unpaired) electrons. The lowest BCUT2D eigenvalue weighted by Gasteiger charge is -2.43. The Hall–Kier alpha value is -1.51. The predicted molar refractivity (Wildman–Crippen MR) is 118 cm³/mol. The van der Waals surface area contributed by atoms with Gasteiger partial charge in [0.15, 0.2) is 11.5 Å². The van der Waals surface area contributed by atoms with E-state index in [2.05, 4.69) is 21.6 Å². The van der Waals surface area contributed by atoms with Gasteiger partial charge in [0.25, 0.3) is 0 Å². The number of rotatable bonds is 8. The van der Waals surface area contributed by atoms with Gasteiger partial charge < -0.3 is 24.4 Å².